The van der Waals surface area contributed by atoms with Crippen LogP contribution in [0.5, 0.6) is 0 Å². The number of para-hydroxylation sites is 2. The average molecular weight is 667 g/mol. The number of hydrogen-bond acceptors (Lipinski definition) is 8. The predicted molar refractivity (Wildman–Crippen MR) is 182 cm³/mol. The highest BCUT2D eigenvalue weighted by Crippen LogP contribution is 2.37. The number of halogens is 1. The Kier molecular flexibility index (Phi) is 10.4. The number of ether oxygens (including phenoxy) is 1. The second kappa shape index (κ2) is 14.7. The van der Waals surface area contributed by atoms with Gasteiger partial charge in [0.25, 0.3) is 5.91 Å². The van der Waals surface area contributed by atoms with Crippen LogP contribution in [0.15, 0.2) is 66.7 Å². The van der Waals surface area contributed by atoms with Gasteiger partial charge >= 0.3 is 0 Å². The van der Waals surface area contributed by atoms with Gasteiger partial charge in [-0.3, -0.25) is 14.4 Å². The van der Waals surface area contributed by atoms with Crippen LogP contribution in [-0.2, 0) is 25.7 Å². The van der Waals surface area contributed by atoms with E-state index < -0.39 is 23.9 Å². The predicted octanol–water partition coefficient (Wildman–Crippen LogP) is 3.59. The van der Waals surface area contributed by atoms with Gasteiger partial charge in [0.2, 0.25) is 11.8 Å². The van der Waals surface area contributed by atoms with Crippen LogP contribution in [0.25, 0.3) is 16.6 Å². The smallest absolute Gasteiger partial charge is 0.251 e. The summed E-state index contributed by atoms with van der Waals surface area (Å²) in [6.45, 7) is 2.47. The molecular weight excluding hydrogens is 632 g/mol. The molecule has 4 aromatic rings. The molecule has 2 N–H and O–H groups in total. The van der Waals surface area contributed by atoms with E-state index in [0.717, 1.165) is 10.9 Å². The standard InChI is InChI=1S/C35H34N8O4.ClH/c1-22(38-2)33(44)39-28-21-42(34(45)24-13-15-47-16-14-24)32-17-23(18-36)11-12-31(32)41(35(28)46)20-27-26-8-4-6-10-30(26)43(40-27)29-9-5-3-7-25(29)19-37;/h3-12,17,22,24,28,38H,13-16,20-21H2,1-2H3,(H,39,44);1H. The van der Waals surface area contributed by atoms with Crippen molar-refractivity contribution < 1.29 is 19.1 Å². The first-order valence-electron chi connectivity index (χ1n) is 15.5. The molecule has 2 unspecified atom stereocenters. The Morgan fingerprint density at radius 3 is 2.46 bits per heavy atom. The number of fused-ring (bicyclic) bond motifs is 2. The average Bonchev–Trinajstić information content (AvgIpc) is 3.44. The zero-order valence-electron chi connectivity index (χ0n) is 26.6. The SMILES string of the molecule is CNC(C)C(=O)NC1CN(C(=O)C2CCOCC2)c2cc(C#N)ccc2N(Cc2nn(-c3ccccc3C#N)c3ccccc23)C1=O.Cl. The minimum atomic E-state index is -1.09. The van der Waals surface area contributed by atoms with Gasteiger partial charge in [-0.1, -0.05) is 30.3 Å². The third-order valence-electron chi connectivity index (χ3n) is 8.82. The first-order chi connectivity index (χ1) is 22.8. The van der Waals surface area contributed by atoms with Gasteiger partial charge < -0.3 is 25.2 Å². The Bertz CT molecular complexity index is 1940. The van der Waals surface area contributed by atoms with Crippen molar-refractivity contribution in [3.05, 3.63) is 83.6 Å². The fraction of sp³-hybridized carbons (Fsp3) is 0.314. The molecule has 0 aliphatic carbocycles. The first-order valence-corrected chi connectivity index (χ1v) is 15.5. The number of carbonyl (C=O) groups excluding carboxylic acids is 3. The molecule has 1 saturated heterocycles. The lowest BCUT2D eigenvalue weighted by Gasteiger charge is -2.31. The highest BCUT2D eigenvalue weighted by Gasteiger charge is 2.40. The van der Waals surface area contributed by atoms with E-state index >= 15 is 0 Å². The van der Waals surface area contributed by atoms with Crippen molar-refractivity contribution in [2.24, 2.45) is 5.92 Å². The molecule has 3 heterocycles. The van der Waals surface area contributed by atoms with Gasteiger partial charge in [-0.15, -0.1) is 12.4 Å². The topological polar surface area (TPSA) is 156 Å². The number of nitriles is 2. The number of amides is 3. The molecule has 0 bridgehead atoms. The van der Waals surface area contributed by atoms with Crippen LogP contribution in [0.2, 0.25) is 0 Å². The molecule has 2 aliphatic heterocycles. The molecule has 1 fully saturated rings. The summed E-state index contributed by atoms with van der Waals surface area (Å²) in [7, 11) is 1.65. The molecule has 48 heavy (non-hydrogen) atoms. The van der Waals surface area contributed by atoms with E-state index in [1.165, 1.54) is 4.90 Å². The quantitative estimate of drug-likeness (QED) is 0.303. The number of rotatable bonds is 7. The van der Waals surface area contributed by atoms with Crippen molar-refractivity contribution in [2.45, 2.75) is 38.4 Å². The van der Waals surface area contributed by atoms with Gasteiger partial charge in [0.1, 0.15) is 12.1 Å². The number of benzene rings is 3. The summed E-state index contributed by atoms with van der Waals surface area (Å²) in [5.41, 5.74) is 3.49. The highest BCUT2D eigenvalue weighted by molar-refractivity contribution is 6.09. The van der Waals surface area contributed by atoms with Crippen LogP contribution in [0.4, 0.5) is 11.4 Å². The first kappa shape index (κ1) is 34.1. The number of anilines is 2. The molecule has 0 saturated carbocycles. The Morgan fingerprint density at radius 2 is 1.73 bits per heavy atom. The number of aromatic nitrogens is 2. The minimum absolute atomic E-state index is 0. The summed E-state index contributed by atoms with van der Waals surface area (Å²) in [6.07, 6.45) is 1.06. The van der Waals surface area contributed by atoms with Crippen molar-refractivity contribution in [1.82, 2.24) is 20.4 Å². The molecule has 2 atom stereocenters. The summed E-state index contributed by atoms with van der Waals surface area (Å²) in [4.78, 5) is 44.9. The van der Waals surface area contributed by atoms with Crippen LogP contribution in [0, 0.1) is 28.6 Å². The maximum Gasteiger partial charge on any atom is 0.251 e. The van der Waals surface area contributed by atoms with Gasteiger partial charge in [-0.2, -0.15) is 15.6 Å². The lowest BCUT2D eigenvalue weighted by molar-refractivity contribution is -0.129. The van der Waals surface area contributed by atoms with Crippen LogP contribution >= 0.6 is 12.4 Å². The van der Waals surface area contributed by atoms with E-state index in [4.69, 9.17) is 9.84 Å². The minimum Gasteiger partial charge on any atom is -0.381 e. The Hall–Kier alpha value is -5.27. The number of likely N-dealkylation sites (N-methyl/N-ethyl adjacent to an activating group) is 1. The zero-order chi connectivity index (χ0) is 33.1. The van der Waals surface area contributed by atoms with E-state index in [1.807, 2.05) is 36.4 Å². The molecule has 2 aliphatic rings. The number of carbonyl (C=O) groups is 3. The van der Waals surface area contributed by atoms with E-state index in [9.17, 15) is 24.9 Å². The van der Waals surface area contributed by atoms with Gasteiger partial charge in [-0.25, -0.2) is 4.68 Å². The number of hydrogen-bond donors (Lipinski definition) is 2. The van der Waals surface area contributed by atoms with Gasteiger partial charge in [0.05, 0.1) is 64.6 Å². The number of nitrogens with one attached hydrogen (secondary N) is 2. The molecule has 246 valence electrons. The zero-order valence-corrected chi connectivity index (χ0v) is 27.4. The maximum atomic E-state index is 14.6. The van der Waals surface area contributed by atoms with E-state index in [2.05, 4.69) is 22.8 Å². The largest absolute Gasteiger partial charge is 0.381 e. The van der Waals surface area contributed by atoms with Gasteiger partial charge in [0, 0.05) is 24.5 Å². The molecule has 1 aromatic heterocycles. The van der Waals surface area contributed by atoms with Crippen LogP contribution in [0.3, 0.4) is 0 Å². The van der Waals surface area contributed by atoms with Crippen LogP contribution in [-0.4, -0.2) is 66.4 Å². The molecule has 6 rings (SSSR count). The van der Waals surface area contributed by atoms with Crippen molar-refractivity contribution in [2.75, 3.05) is 36.6 Å². The summed E-state index contributed by atoms with van der Waals surface area (Å²) in [5, 5.41) is 31.1. The summed E-state index contributed by atoms with van der Waals surface area (Å²) >= 11 is 0. The molecule has 0 spiro atoms. The summed E-state index contributed by atoms with van der Waals surface area (Å²) in [5.74, 6) is -1.35. The van der Waals surface area contributed by atoms with Crippen molar-refractivity contribution in [3.63, 3.8) is 0 Å². The van der Waals surface area contributed by atoms with E-state index in [0.29, 0.717) is 59.9 Å². The second-order valence-electron chi connectivity index (χ2n) is 11.7. The monoisotopic (exact) mass is 666 g/mol. The Morgan fingerprint density at radius 1 is 1.00 bits per heavy atom. The fourth-order valence-electron chi connectivity index (χ4n) is 6.11. The Balaban J connectivity index is 0.00000451. The highest BCUT2D eigenvalue weighted by atomic mass is 35.5. The Labute approximate surface area is 284 Å². The molecule has 3 amide bonds. The molecule has 0 radical (unpaired) electrons. The van der Waals surface area contributed by atoms with Crippen molar-refractivity contribution in [3.8, 4) is 17.8 Å². The lowest BCUT2D eigenvalue weighted by Crippen LogP contribution is -2.56. The van der Waals surface area contributed by atoms with Gasteiger partial charge in [0.15, 0.2) is 0 Å². The van der Waals surface area contributed by atoms with Crippen molar-refractivity contribution >= 4 is 52.4 Å². The van der Waals surface area contributed by atoms with Gasteiger partial charge in [-0.05, 0) is 63.2 Å². The maximum absolute atomic E-state index is 14.6. The fourth-order valence-corrected chi connectivity index (χ4v) is 6.11. The third kappa shape index (κ3) is 6.46. The van der Waals surface area contributed by atoms with Crippen molar-refractivity contribution in [1.29, 1.82) is 10.5 Å². The molecule has 12 nitrogen and oxygen atoms in total. The third-order valence-corrected chi connectivity index (χ3v) is 8.82. The second-order valence-corrected chi connectivity index (χ2v) is 11.7. The molecular formula is C35H35ClN8O4. The van der Waals surface area contributed by atoms with E-state index in [-0.39, 0.29) is 37.3 Å². The van der Waals surface area contributed by atoms with E-state index in [1.54, 1.807) is 53.9 Å². The summed E-state index contributed by atoms with van der Waals surface area (Å²) in [6, 6.07) is 22.3. The molecule has 13 heteroatoms. The molecule has 3 aromatic carbocycles. The summed E-state index contributed by atoms with van der Waals surface area (Å²) < 4.78 is 7.19. The lowest BCUT2D eigenvalue weighted by atomic mass is 9.97. The normalized spacial score (nSPS) is 17.0. The number of nitrogens with zero attached hydrogens (tertiary/aromatic N) is 6. The van der Waals surface area contributed by atoms with Crippen LogP contribution < -0.4 is 20.4 Å². The van der Waals surface area contributed by atoms with Crippen LogP contribution in [0.1, 0.15) is 36.6 Å².